The predicted molar refractivity (Wildman–Crippen MR) is 70.8 cm³/mol. The highest BCUT2D eigenvalue weighted by atomic mass is 32.1. The Morgan fingerprint density at radius 2 is 2.06 bits per heavy atom. The molecule has 17 heavy (non-hydrogen) atoms. The number of rotatable bonds is 0. The molecule has 3 rings (SSSR count). The number of anilines is 1. The average molecular weight is 250 g/mol. The van der Waals surface area contributed by atoms with Crippen LogP contribution in [0.2, 0.25) is 0 Å². The maximum atomic E-state index is 11.7. The fraction of sp³-hybridized carbons (Fsp3) is 0.615. The summed E-state index contributed by atoms with van der Waals surface area (Å²) in [4.78, 5) is 16.1. The number of carbonyl (C=O) groups excluding carboxylic acids is 1. The largest absolute Gasteiger partial charge is 0.311 e. The van der Waals surface area contributed by atoms with E-state index in [1.54, 1.807) is 18.3 Å². The van der Waals surface area contributed by atoms with Crippen molar-refractivity contribution < 1.29 is 4.79 Å². The minimum absolute atomic E-state index is 0.181. The minimum Gasteiger partial charge on any atom is -0.311 e. The first-order chi connectivity index (χ1) is 8.12. The van der Waals surface area contributed by atoms with E-state index in [2.05, 4.69) is 22.7 Å². The SMILES string of the molecule is CC(=O)N1CC2(CCN(C)CC2)c2cscc21. The van der Waals surface area contributed by atoms with Crippen molar-refractivity contribution in [2.24, 2.45) is 0 Å². The Balaban J connectivity index is 1.97. The van der Waals surface area contributed by atoms with Gasteiger partial charge >= 0.3 is 0 Å². The van der Waals surface area contributed by atoms with Crippen molar-refractivity contribution in [3.8, 4) is 0 Å². The summed E-state index contributed by atoms with van der Waals surface area (Å²) in [6.45, 7) is 4.85. The molecule has 92 valence electrons. The molecule has 0 aromatic carbocycles. The lowest BCUT2D eigenvalue weighted by Crippen LogP contribution is -2.44. The second-order valence-electron chi connectivity index (χ2n) is 5.36. The van der Waals surface area contributed by atoms with Gasteiger partial charge in [0.05, 0.1) is 5.69 Å². The molecule has 1 spiro atoms. The standard InChI is InChI=1S/C13H18N2OS/c1-10(16)15-9-13(3-5-14(2)6-4-13)11-7-17-8-12(11)15/h7-8H,3-6,9H2,1-2H3. The Labute approximate surface area is 106 Å². The van der Waals surface area contributed by atoms with Crippen LogP contribution >= 0.6 is 11.3 Å². The Kier molecular flexibility index (Phi) is 2.52. The van der Waals surface area contributed by atoms with Crippen molar-refractivity contribution in [3.05, 3.63) is 16.3 Å². The number of hydrogen-bond donors (Lipinski definition) is 0. The van der Waals surface area contributed by atoms with E-state index >= 15 is 0 Å². The summed E-state index contributed by atoms with van der Waals surface area (Å²) >= 11 is 1.72. The zero-order valence-electron chi connectivity index (χ0n) is 10.4. The number of likely N-dealkylation sites (tertiary alicyclic amines) is 1. The molecule has 1 saturated heterocycles. The third-order valence-electron chi connectivity index (χ3n) is 4.29. The lowest BCUT2D eigenvalue weighted by atomic mass is 9.75. The van der Waals surface area contributed by atoms with Crippen molar-refractivity contribution >= 4 is 22.9 Å². The highest BCUT2D eigenvalue weighted by Gasteiger charge is 2.45. The molecule has 0 N–H and O–H groups in total. The zero-order valence-corrected chi connectivity index (χ0v) is 11.2. The van der Waals surface area contributed by atoms with E-state index < -0.39 is 0 Å². The number of fused-ring (bicyclic) bond motifs is 2. The molecule has 3 nitrogen and oxygen atoms in total. The van der Waals surface area contributed by atoms with Crippen LogP contribution in [-0.2, 0) is 10.2 Å². The van der Waals surface area contributed by atoms with E-state index in [0.29, 0.717) is 0 Å². The third kappa shape index (κ3) is 1.62. The van der Waals surface area contributed by atoms with Gasteiger partial charge in [-0.3, -0.25) is 4.79 Å². The summed E-state index contributed by atoms with van der Waals surface area (Å²) in [6.07, 6.45) is 2.36. The second kappa shape index (κ2) is 3.82. The van der Waals surface area contributed by atoms with Crippen LogP contribution in [0.5, 0.6) is 0 Å². The van der Waals surface area contributed by atoms with E-state index in [0.717, 1.165) is 19.6 Å². The molecule has 1 aromatic rings. The smallest absolute Gasteiger partial charge is 0.223 e. The van der Waals surface area contributed by atoms with E-state index in [1.807, 2.05) is 4.90 Å². The lowest BCUT2D eigenvalue weighted by molar-refractivity contribution is -0.116. The lowest BCUT2D eigenvalue weighted by Gasteiger charge is -2.38. The number of nitrogens with zero attached hydrogens (tertiary/aromatic N) is 2. The zero-order chi connectivity index (χ0) is 12.0. The van der Waals surface area contributed by atoms with Crippen LogP contribution < -0.4 is 4.90 Å². The van der Waals surface area contributed by atoms with Gasteiger partial charge in [-0.05, 0) is 43.9 Å². The molecule has 0 unspecified atom stereocenters. The van der Waals surface area contributed by atoms with Crippen LogP contribution in [-0.4, -0.2) is 37.5 Å². The second-order valence-corrected chi connectivity index (χ2v) is 6.10. The van der Waals surface area contributed by atoms with Gasteiger partial charge in [-0.15, -0.1) is 11.3 Å². The van der Waals surface area contributed by atoms with Crippen molar-refractivity contribution in [2.45, 2.75) is 25.2 Å². The average Bonchev–Trinajstić information content (AvgIpc) is 2.86. The summed E-state index contributed by atoms with van der Waals surface area (Å²) in [7, 11) is 2.18. The van der Waals surface area contributed by atoms with E-state index in [-0.39, 0.29) is 11.3 Å². The Morgan fingerprint density at radius 3 is 2.71 bits per heavy atom. The van der Waals surface area contributed by atoms with Crippen molar-refractivity contribution in [1.82, 2.24) is 4.90 Å². The summed E-state index contributed by atoms with van der Waals surface area (Å²) < 4.78 is 0. The summed E-state index contributed by atoms with van der Waals surface area (Å²) in [5, 5.41) is 4.38. The fourth-order valence-corrected chi connectivity index (χ4v) is 4.08. The summed E-state index contributed by atoms with van der Waals surface area (Å²) in [6, 6.07) is 0. The minimum atomic E-state index is 0.181. The molecule has 1 amide bonds. The molecule has 4 heteroatoms. The van der Waals surface area contributed by atoms with Crippen molar-refractivity contribution in [2.75, 3.05) is 31.6 Å². The molecule has 1 aromatic heterocycles. The molecule has 0 atom stereocenters. The van der Waals surface area contributed by atoms with Crippen LogP contribution in [0.4, 0.5) is 5.69 Å². The maximum absolute atomic E-state index is 11.7. The van der Waals surface area contributed by atoms with Gasteiger partial charge < -0.3 is 9.80 Å². The Hall–Kier alpha value is -0.870. The van der Waals surface area contributed by atoms with E-state index in [4.69, 9.17) is 0 Å². The van der Waals surface area contributed by atoms with E-state index in [9.17, 15) is 4.79 Å². The van der Waals surface area contributed by atoms with E-state index in [1.165, 1.54) is 24.1 Å². The molecule has 0 bridgehead atoms. The highest BCUT2D eigenvalue weighted by Crippen LogP contribution is 2.48. The van der Waals surface area contributed by atoms with Crippen LogP contribution in [0.15, 0.2) is 10.8 Å². The molecule has 2 aliphatic rings. The molecule has 0 aliphatic carbocycles. The Morgan fingerprint density at radius 1 is 1.35 bits per heavy atom. The number of hydrogen-bond acceptors (Lipinski definition) is 3. The summed E-state index contributed by atoms with van der Waals surface area (Å²) in [5.41, 5.74) is 2.84. The van der Waals surface area contributed by atoms with Crippen LogP contribution in [0.25, 0.3) is 0 Å². The van der Waals surface area contributed by atoms with Crippen LogP contribution in [0.3, 0.4) is 0 Å². The molecule has 2 aliphatic heterocycles. The molecular weight excluding hydrogens is 232 g/mol. The van der Waals surface area contributed by atoms with Crippen molar-refractivity contribution in [1.29, 1.82) is 0 Å². The Bertz CT molecular complexity index is 446. The van der Waals surface area contributed by atoms with Gasteiger partial charge in [0.2, 0.25) is 5.91 Å². The molecule has 3 heterocycles. The number of piperidine rings is 1. The number of amides is 1. The first-order valence-corrected chi connectivity index (χ1v) is 7.10. The van der Waals surface area contributed by atoms with Gasteiger partial charge in [0.15, 0.2) is 0 Å². The first-order valence-electron chi connectivity index (χ1n) is 6.16. The van der Waals surface area contributed by atoms with Gasteiger partial charge in [-0.25, -0.2) is 0 Å². The fourth-order valence-electron chi connectivity index (χ4n) is 3.12. The first kappa shape index (κ1) is 11.2. The maximum Gasteiger partial charge on any atom is 0.223 e. The van der Waals surface area contributed by atoms with Gasteiger partial charge in [0.1, 0.15) is 0 Å². The quantitative estimate of drug-likeness (QED) is 0.704. The summed E-state index contributed by atoms with van der Waals surface area (Å²) in [5.74, 6) is 0.181. The molecular formula is C13H18N2OS. The van der Waals surface area contributed by atoms with Crippen LogP contribution in [0.1, 0.15) is 25.3 Å². The third-order valence-corrected chi connectivity index (χ3v) is 5.02. The van der Waals surface area contributed by atoms with Crippen LogP contribution in [0, 0.1) is 0 Å². The van der Waals surface area contributed by atoms with Gasteiger partial charge in [-0.1, -0.05) is 0 Å². The highest BCUT2D eigenvalue weighted by molar-refractivity contribution is 7.08. The predicted octanol–water partition coefficient (Wildman–Crippen LogP) is 2.08. The number of carbonyl (C=O) groups is 1. The molecule has 0 radical (unpaired) electrons. The normalized spacial score (nSPS) is 23.1. The monoisotopic (exact) mass is 250 g/mol. The molecule has 1 fully saturated rings. The van der Waals surface area contributed by atoms with Gasteiger partial charge in [0, 0.05) is 24.3 Å². The molecule has 0 saturated carbocycles. The number of thiophene rings is 1. The van der Waals surface area contributed by atoms with Gasteiger partial charge in [0.25, 0.3) is 0 Å². The van der Waals surface area contributed by atoms with Gasteiger partial charge in [-0.2, -0.15) is 0 Å². The van der Waals surface area contributed by atoms with Crippen molar-refractivity contribution in [3.63, 3.8) is 0 Å². The topological polar surface area (TPSA) is 23.6 Å².